The summed E-state index contributed by atoms with van der Waals surface area (Å²) in [5.74, 6) is -0.0516. The van der Waals surface area contributed by atoms with E-state index in [1.54, 1.807) is 12.1 Å². The van der Waals surface area contributed by atoms with Crippen molar-refractivity contribution in [3.8, 4) is 11.5 Å². The van der Waals surface area contributed by atoms with Crippen molar-refractivity contribution < 1.29 is 68.9 Å². The molecule has 0 aromatic heterocycles. The predicted molar refractivity (Wildman–Crippen MR) is 111 cm³/mol. The van der Waals surface area contributed by atoms with Crippen molar-refractivity contribution in [3.63, 3.8) is 0 Å². The first-order valence-electron chi connectivity index (χ1n) is 8.99. The van der Waals surface area contributed by atoms with E-state index in [4.69, 9.17) is 22.6 Å². The van der Waals surface area contributed by atoms with Gasteiger partial charge >= 0.3 is 45.6 Å². The number of nitrogens with zero attached hydrogens (tertiary/aromatic N) is 3. The summed E-state index contributed by atoms with van der Waals surface area (Å²) < 4.78 is 33.0. The Morgan fingerprint density at radius 3 is 2.15 bits per heavy atom. The fraction of sp³-hybridized carbons (Fsp3) is 0.412. The van der Waals surface area contributed by atoms with Gasteiger partial charge in [-0.25, -0.2) is 9.78 Å². The molecule has 0 unspecified atom stereocenters. The number of aliphatic hydroxyl groups excluding tert-OH is 4. The van der Waals surface area contributed by atoms with Crippen molar-refractivity contribution in [1.29, 1.82) is 0 Å². The molecule has 0 amide bonds. The van der Waals surface area contributed by atoms with E-state index >= 15 is 0 Å². The van der Waals surface area contributed by atoms with Crippen LogP contribution in [0, 0.1) is 13.8 Å². The monoisotopic (exact) mass is 498 g/mol. The molecule has 0 saturated heterocycles. The van der Waals surface area contributed by atoms with Crippen molar-refractivity contribution >= 4 is 21.4 Å². The minimum absolute atomic E-state index is 0. The Labute approximate surface area is 210 Å². The van der Waals surface area contributed by atoms with Gasteiger partial charge in [0, 0.05) is 0 Å². The van der Waals surface area contributed by atoms with Crippen LogP contribution in [-0.2, 0) is 16.9 Å². The first-order chi connectivity index (χ1) is 14.7. The summed E-state index contributed by atoms with van der Waals surface area (Å²) in [6.07, 6.45) is -4.68. The quantitative estimate of drug-likeness (QED) is 0.0992. The van der Waals surface area contributed by atoms with Gasteiger partial charge in [0.05, 0.1) is 24.2 Å². The van der Waals surface area contributed by atoms with Crippen LogP contribution in [0.15, 0.2) is 21.7 Å². The fourth-order valence-electron chi connectivity index (χ4n) is 2.89. The van der Waals surface area contributed by atoms with E-state index in [0.29, 0.717) is 11.0 Å². The standard InChI is InChI=1S/C17H20N4O6.Na.H2O4S.H/c1-7-3-9-10(4-8(7)2)21(5-11(23)14(25)12(24)6-22)15-13(18-9)16(26)20-17(27)19-15;;1-5(2,3)4;/h3-4,11-12,14,22-25H,5-6H2,1-2H3,(H,20,26,27);;(H2,1,2,3,4);/q;+1;;-1/t11-,12+,14-;;;/m0.../s1. The number of fused-ring (bicyclic) bond motifs is 2. The summed E-state index contributed by atoms with van der Waals surface area (Å²) in [6.45, 7) is 2.73. The molecule has 0 bridgehead atoms. The number of H-pyrrole nitrogens is 1. The molecule has 1 aromatic carbocycles. The largest absolute Gasteiger partial charge is 1.00 e. The first-order valence-corrected chi connectivity index (χ1v) is 10.4. The van der Waals surface area contributed by atoms with E-state index in [1.165, 1.54) is 4.57 Å². The SMILES string of the molecule is Cc1cc2nc3c(=O)[nH]c(=O)nc-3n(C[C@H](O)[C@H](O)[C@H](O)CO)c2cc1C.O=S(=O)(O)O.[H-].[Na+]. The molecule has 2 heterocycles. The number of aliphatic hydroxyl groups is 4. The molecule has 14 nitrogen and oxygen atoms in total. The fourth-order valence-corrected chi connectivity index (χ4v) is 2.89. The third kappa shape index (κ3) is 7.61. The molecule has 0 fully saturated rings. The minimum atomic E-state index is -4.67. The van der Waals surface area contributed by atoms with Crippen LogP contribution in [-0.4, -0.2) is 82.4 Å². The number of benzene rings is 1. The van der Waals surface area contributed by atoms with Crippen LogP contribution in [0.25, 0.3) is 22.6 Å². The van der Waals surface area contributed by atoms with Crippen LogP contribution in [0.1, 0.15) is 12.6 Å². The number of aromatic nitrogens is 4. The van der Waals surface area contributed by atoms with E-state index in [1.807, 2.05) is 13.8 Å². The molecule has 3 rings (SSSR count). The second-order valence-corrected chi connectivity index (χ2v) is 7.84. The molecule has 33 heavy (non-hydrogen) atoms. The van der Waals surface area contributed by atoms with Gasteiger partial charge in [-0.2, -0.15) is 13.4 Å². The van der Waals surface area contributed by atoms with Crippen LogP contribution >= 0.6 is 0 Å². The van der Waals surface area contributed by atoms with Crippen molar-refractivity contribution in [2.75, 3.05) is 6.61 Å². The van der Waals surface area contributed by atoms with Gasteiger partial charge in [0.25, 0.3) is 5.56 Å². The number of aryl methyl sites for hydroxylation is 2. The van der Waals surface area contributed by atoms with Gasteiger partial charge in [-0.1, -0.05) is 0 Å². The number of hydrogen-bond donors (Lipinski definition) is 7. The molecule has 7 N–H and O–H groups in total. The maximum atomic E-state index is 12.2. The maximum absolute atomic E-state index is 12.2. The number of nitrogens with one attached hydrogen (secondary N) is 1. The van der Waals surface area contributed by atoms with Crippen LogP contribution in [0.3, 0.4) is 0 Å². The van der Waals surface area contributed by atoms with Gasteiger partial charge < -0.3 is 26.4 Å². The molecule has 3 atom stereocenters. The van der Waals surface area contributed by atoms with Crippen LogP contribution < -0.4 is 40.8 Å². The molecule has 2 aliphatic rings. The van der Waals surface area contributed by atoms with Gasteiger partial charge in [-0.15, -0.1) is 0 Å². The molecule has 1 aromatic rings. The van der Waals surface area contributed by atoms with E-state index in [0.717, 1.165) is 11.1 Å². The van der Waals surface area contributed by atoms with Gasteiger partial charge in [0.15, 0.2) is 11.5 Å². The summed E-state index contributed by atoms with van der Waals surface area (Å²) >= 11 is 0. The van der Waals surface area contributed by atoms with Crippen LogP contribution in [0.2, 0.25) is 0 Å². The zero-order valence-corrected chi connectivity index (χ0v) is 20.7. The molecule has 0 saturated carbocycles. The smallest absolute Gasteiger partial charge is 1.00 e. The molecule has 178 valence electrons. The number of aromatic amines is 1. The van der Waals surface area contributed by atoms with Crippen LogP contribution in [0.4, 0.5) is 0 Å². The predicted octanol–water partition coefficient (Wildman–Crippen LogP) is -5.26. The Balaban J connectivity index is 0.00000141. The van der Waals surface area contributed by atoms with E-state index in [9.17, 15) is 24.9 Å². The molecular weight excluding hydrogens is 475 g/mol. The zero-order valence-electron chi connectivity index (χ0n) is 18.9. The Kier molecular flexibility index (Phi) is 10.2. The topological polar surface area (TPSA) is 236 Å². The van der Waals surface area contributed by atoms with Gasteiger partial charge in [-0.05, 0) is 37.1 Å². The second-order valence-electron chi connectivity index (χ2n) is 6.95. The number of hydrogen-bond acceptors (Lipinski definition) is 10. The number of rotatable bonds is 5. The van der Waals surface area contributed by atoms with Crippen LogP contribution in [0.5, 0.6) is 0 Å². The summed E-state index contributed by atoms with van der Waals surface area (Å²) in [6, 6.07) is 3.53. The molecule has 0 spiro atoms. The summed E-state index contributed by atoms with van der Waals surface area (Å²) in [5.41, 5.74) is 1.11. The van der Waals surface area contributed by atoms with E-state index in [-0.39, 0.29) is 49.0 Å². The summed E-state index contributed by atoms with van der Waals surface area (Å²) in [4.78, 5) is 34.0. The Morgan fingerprint density at radius 1 is 1.06 bits per heavy atom. The molecule has 16 heteroatoms. The van der Waals surface area contributed by atoms with Gasteiger partial charge in [0.2, 0.25) is 0 Å². The van der Waals surface area contributed by atoms with Crippen molar-refractivity contribution in [2.45, 2.75) is 38.7 Å². The molecule has 0 aliphatic carbocycles. The normalized spacial score (nSPS) is 14.2. The average molecular weight is 498 g/mol. The Hall–Kier alpha value is -1.79. The van der Waals surface area contributed by atoms with Crippen molar-refractivity contribution in [1.82, 2.24) is 19.5 Å². The van der Waals surface area contributed by atoms with Gasteiger partial charge in [-0.3, -0.25) is 18.9 Å². The maximum Gasteiger partial charge on any atom is 1.00 e. The summed E-state index contributed by atoms with van der Waals surface area (Å²) in [7, 11) is -4.67. The molecule has 0 radical (unpaired) electrons. The van der Waals surface area contributed by atoms with E-state index in [2.05, 4.69) is 15.0 Å². The van der Waals surface area contributed by atoms with Crippen molar-refractivity contribution in [3.05, 3.63) is 44.1 Å². The van der Waals surface area contributed by atoms with Gasteiger partial charge in [0.1, 0.15) is 18.3 Å². The van der Waals surface area contributed by atoms with Crippen molar-refractivity contribution in [2.24, 2.45) is 0 Å². The van der Waals surface area contributed by atoms with E-state index < -0.39 is 46.6 Å². The first kappa shape index (κ1) is 29.2. The minimum Gasteiger partial charge on any atom is -1.00 e. The Morgan fingerprint density at radius 2 is 1.61 bits per heavy atom. The average Bonchev–Trinajstić information content (AvgIpc) is 2.67. The third-order valence-electron chi connectivity index (χ3n) is 4.57. The molecular formula is C17H23N4NaO10S. The Bertz CT molecular complexity index is 1310. The molecule has 2 aliphatic heterocycles. The third-order valence-corrected chi connectivity index (χ3v) is 4.57. The summed E-state index contributed by atoms with van der Waals surface area (Å²) in [5, 5.41) is 38.8. The zero-order chi connectivity index (χ0) is 24.4. The second kappa shape index (κ2) is 11.6.